The third-order valence-corrected chi connectivity index (χ3v) is 5.53. The molecule has 0 spiro atoms. The van der Waals surface area contributed by atoms with E-state index in [-0.39, 0.29) is 24.7 Å². The lowest BCUT2D eigenvalue weighted by atomic mass is 9.90. The predicted octanol–water partition coefficient (Wildman–Crippen LogP) is 3.51. The van der Waals surface area contributed by atoms with Gasteiger partial charge in [0.25, 0.3) is 5.92 Å². The molecule has 0 radical (unpaired) electrons. The number of aryl methyl sites for hydroxylation is 1. The van der Waals surface area contributed by atoms with E-state index in [4.69, 9.17) is 4.98 Å². The van der Waals surface area contributed by atoms with Crippen LogP contribution in [0, 0.1) is 5.92 Å². The van der Waals surface area contributed by atoms with E-state index in [1.54, 1.807) is 22.0 Å². The molecule has 4 heterocycles. The first kappa shape index (κ1) is 20.5. The largest absolute Gasteiger partial charge is 0.299 e. The van der Waals surface area contributed by atoms with Crippen molar-refractivity contribution in [2.45, 2.75) is 32.1 Å². The highest BCUT2D eigenvalue weighted by atomic mass is 19.3. The molecule has 3 aromatic rings. The second-order valence-corrected chi connectivity index (χ2v) is 8.23. The Hall–Kier alpha value is -2.74. The first-order chi connectivity index (χ1) is 14.3. The summed E-state index contributed by atoms with van der Waals surface area (Å²) >= 11 is 0. The molecule has 0 unspecified atom stereocenters. The van der Waals surface area contributed by atoms with Crippen molar-refractivity contribution in [3.63, 3.8) is 0 Å². The third kappa shape index (κ3) is 4.87. The Morgan fingerprint density at radius 1 is 1.23 bits per heavy atom. The van der Waals surface area contributed by atoms with Crippen LogP contribution < -0.4 is 0 Å². The van der Waals surface area contributed by atoms with E-state index in [2.05, 4.69) is 10.1 Å². The summed E-state index contributed by atoms with van der Waals surface area (Å²) in [5, 5.41) is 5.09. The molecule has 1 aliphatic rings. The Morgan fingerprint density at radius 2 is 2.00 bits per heavy atom. The van der Waals surface area contributed by atoms with Crippen LogP contribution in [0.25, 0.3) is 22.2 Å². The lowest BCUT2D eigenvalue weighted by Gasteiger charge is -2.32. The number of carbonyl (C=O) groups is 1. The van der Waals surface area contributed by atoms with Gasteiger partial charge >= 0.3 is 0 Å². The van der Waals surface area contributed by atoms with E-state index in [9.17, 15) is 13.6 Å². The number of alkyl halides is 2. The highest BCUT2D eigenvalue weighted by Crippen LogP contribution is 2.24. The van der Waals surface area contributed by atoms with Gasteiger partial charge in [-0.25, -0.2) is 13.8 Å². The van der Waals surface area contributed by atoms with Crippen LogP contribution in [-0.2, 0) is 18.3 Å². The minimum Gasteiger partial charge on any atom is -0.299 e. The molecular formula is C22H25F2N5O. The van der Waals surface area contributed by atoms with Gasteiger partial charge in [-0.1, -0.05) is 0 Å². The number of aromatic nitrogens is 4. The summed E-state index contributed by atoms with van der Waals surface area (Å²) in [7, 11) is 1.86. The van der Waals surface area contributed by atoms with Crippen molar-refractivity contribution in [1.82, 2.24) is 24.6 Å². The topological polar surface area (TPSA) is 63.9 Å². The second-order valence-electron chi connectivity index (χ2n) is 8.23. The Kier molecular flexibility index (Phi) is 5.60. The van der Waals surface area contributed by atoms with Gasteiger partial charge < -0.3 is 0 Å². The first-order valence-corrected chi connectivity index (χ1v) is 10.1. The maximum atomic E-state index is 13.2. The number of carbonyl (C=O) groups excluding carboxylic acids is 1. The van der Waals surface area contributed by atoms with E-state index >= 15 is 0 Å². The highest BCUT2D eigenvalue weighted by Gasteiger charge is 2.30. The van der Waals surface area contributed by atoms with Gasteiger partial charge in [-0.15, -0.1) is 0 Å². The molecule has 1 aliphatic heterocycles. The maximum absolute atomic E-state index is 13.2. The maximum Gasteiger partial charge on any atom is 0.257 e. The minimum absolute atomic E-state index is 0.0982. The van der Waals surface area contributed by atoms with E-state index < -0.39 is 5.92 Å². The number of likely N-dealkylation sites (tertiary alicyclic amines) is 1. The van der Waals surface area contributed by atoms with Crippen LogP contribution in [0.15, 0.2) is 36.8 Å². The molecule has 30 heavy (non-hydrogen) atoms. The Labute approximate surface area is 173 Å². The second kappa shape index (κ2) is 8.18. The van der Waals surface area contributed by atoms with Gasteiger partial charge in [0.15, 0.2) is 0 Å². The van der Waals surface area contributed by atoms with Gasteiger partial charge in [-0.2, -0.15) is 5.10 Å². The van der Waals surface area contributed by atoms with Gasteiger partial charge in [-0.3, -0.25) is 19.4 Å². The lowest BCUT2D eigenvalue weighted by Crippen LogP contribution is -2.42. The van der Waals surface area contributed by atoms with E-state index in [1.807, 2.05) is 31.4 Å². The van der Waals surface area contributed by atoms with Gasteiger partial charge in [0, 0.05) is 55.3 Å². The molecule has 8 heteroatoms. The fourth-order valence-corrected chi connectivity index (χ4v) is 4.00. The number of ketones is 1. The summed E-state index contributed by atoms with van der Waals surface area (Å²) in [6.45, 7) is 1.75. The SMILES string of the molecule is Cn1cc(-c2ccc3cnc(CC(=O)C4CCN(CC(C)(F)F)CC4)cc3n2)cn1. The molecule has 6 nitrogen and oxygen atoms in total. The average molecular weight is 413 g/mol. The number of halogens is 2. The normalized spacial score (nSPS) is 16.3. The van der Waals surface area contributed by atoms with Gasteiger partial charge in [0.05, 0.1) is 24.0 Å². The number of rotatable bonds is 6. The Morgan fingerprint density at radius 3 is 2.67 bits per heavy atom. The number of hydrogen-bond donors (Lipinski definition) is 0. The van der Waals surface area contributed by atoms with Crippen LogP contribution in [-0.4, -0.2) is 56.0 Å². The van der Waals surface area contributed by atoms with Gasteiger partial charge in [-0.05, 0) is 44.1 Å². The smallest absolute Gasteiger partial charge is 0.257 e. The monoisotopic (exact) mass is 413 g/mol. The van der Waals surface area contributed by atoms with Crippen molar-refractivity contribution in [2.75, 3.05) is 19.6 Å². The molecule has 0 aliphatic carbocycles. The quantitative estimate of drug-likeness (QED) is 0.619. The van der Waals surface area contributed by atoms with Gasteiger partial charge in [0.2, 0.25) is 0 Å². The van der Waals surface area contributed by atoms with E-state index in [0.717, 1.165) is 29.1 Å². The fraction of sp³-hybridized carbons (Fsp3) is 0.455. The van der Waals surface area contributed by atoms with Crippen molar-refractivity contribution >= 4 is 16.7 Å². The van der Waals surface area contributed by atoms with Crippen molar-refractivity contribution in [3.8, 4) is 11.3 Å². The number of Topliss-reactive ketones (excluding diaryl/α,β-unsaturated/α-hetero) is 1. The zero-order chi connectivity index (χ0) is 21.3. The van der Waals surface area contributed by atoms with Crippen LogP contribution >= 0.6 is 0 Å². The summed E-state index contributed by atoms with van der Waals surface area (Å²) < 4.78 is 28.1. The van der Waals surface area contributed by atoms with Crippen LogP contribution in [0.2, 0.25) is 0 Å². The van der Waals surface area contributed by atoms with Crippen LogP contribution in [0.4, 0.5) is 8.78 Å². The number of pyridine rings is 2. The molecule has 158 valence electrons. The molecule has 1 saturated heterocycles. The molecule has 1 fully saturated rings. The fourth-order valence-electron chi connectivity index (χ4n) is 4.00. The average Bonchev–Trinajstić information content (AvgIpc) is 3.13. The Bertz CT molecular complexity index is 1050. The van der Waals surface area contributed by atoms with Crippen LogP contribution in [0.5, 0.6) is 0 Å². The first-order valence-electron chi connectivity index (χ1n) is 10.1. The third-order valence-electron chi connectivity index (χ3n) is 5.53. The molecule has 0 saturated carbocycles. The molecule has 0 bridgehead atoms. The summed E-state index contributed by atoms with van der Waals surface area (Å²) in [5.74, 6) is -2.68. The highest BCUT2D eigenvalue weighted by molar-refractivity contribution is 5.85. The van der Waals surface area contributed by atoms with Crippen molar-refractivity contribution in [3.05, 3.63) is 42.5 Å². The number of nitrogens with zero attached hydrogens (tertiary/aromatic N) is 5. The van der Waals surface area contributed by atoms with Crippen molar-refractivity contribution in [2.24, 2.45) is 13.0 Å². The molecule has 4 rings (SSSR count). The van der Waals surface area contributed by atoms with Crippen molar-refractivity contribution in [1.29, 1.82) is 0 Å². The van der Waals surface area contributed by atoms with Crippen molar-refractivity contribution < 1.29 is 13.6 Å². The molecule has 3 aromatic heterocycles. The Balaban J connectivity index is 1.43. The molecule has 0 amide bonds. The summed E-state index contributed by atoms with van der Waals surface area (Å²) in [6.07, 6.45) is 6.88. The standard InChI is InChI=1S/C22H25F2N5O/c1-22(23,24)14-29-7-5-15(6-8-29)21(30)10-18-9-20-16(11-25-18)3-4-19(27-20)17-12-26-28(2)13-17/h3-4,9,11-13,15H,5-8,10,14H2,1-2H3. The van der Waals surface area contributed by atoms with Crippen LogP contribution in [0.3, 0.4) is 0 Å². The summed E-state index contributed by atoms with van der Waals surface area (Å²) in [4.78, 5) is 23.6. The zero-order valence-corrected chi connectivity index (χ0v) is 17.2. The molecule has 0 N–H and O–H groups in total. The zero-order valence-electron chi connectivity index (χ0n) is 17.2. The number of fused-ring (bicyclic) bond motifs is 1. The van der Waals surface area contributed by atoms with E-state index in [1.165, 1.54) is 0 Å². The van der Waals surface area contributed by atoms with Gasteiger partial charge in [0.1, 0.15) is 5.78 Å². The lowest BCUT2D eigenvalue weighted by molar-refractivity contribution is -0.124. The molecular weight excluding hydrogens is 388 g/mol. The van der Waals surface area contributed by atoms with E-state index in [0.29, 0.717) is 31.6 Å². The van der Waals surface area contributed by atoms with Crippen LogP contribution in [0.1, 0.15) is 25.5 Å². The minimum atomic E-state index is -2.70. The molecule has 0 atom stereocenters. The summed E-state index contributed by atoms with van der Waals surface area (Å²) in [5.41, 5.74) is 3.22. The number of piperidine rings is 1. The number of hydrogen-bond acceptors (Lipinski definition) is 5. The molecule has 0 aromatic carbocycles. The summed E-state index contributed by atoms with van der Waals surface area (Å²) in [6, 6.07) is 5.75. The predicted molar refractivity (Wildman–Crippen MR) is 110 cm³/mol.